The Kier molecular flexibility index (Phi) is 5.34. The first-order valence-electron chi connectivity index (χ1n) is 9.61. The molecule has 156 valence electrons. The van der Waals surface area contributed by atoms with Crippen LogP contribution in [0.25, 0.3) is 5.69 Å². The van der Waals surface area contributed by atoms with Gasteiger partial charge in [0.05, 0.1) is 12.2 Å². The molecule has 1 aliphatic heterocycles. The third-order valence-electron chi connectivity index (χ3n) is 4.75. The highest BCUT2D eigenvalue weighted by Crippen LogP contribution is 2.42. The van der Waals surface area contributed by atoms with E-state index in [1.165, 1.54) is 0 Å². The molecular weight excluding hydrogens is 406 g/mol. The van der Waals surface area contributed by atoms with E-state index in [-0.39, 0.29) is 18.1 Å². The Morgan fingerprint density at radius 3 is 2.83 bits per heavy atom. The molecule has 1 amide bonds. The maximum Gasteiger partial charge on any atom is 0.261 e. The first-order chi connectivity index (χ1) is 14.3. The van der Waals surface area contributed by atoms with Crippen molar-refractivity contribution in [3.8, 4) is 17.2 Å². The number of para-hydroxylation sites is 1. The van der Waals surface area contributed by atoms with Crippen LogP contribution in [0.4, 0.5) is 0 Å². The third-order valence-corrected chi connectivity index (χ3v) is 5.01. The highest BCUT2D eigenvalue weighted by atomic mass is 35.5. The zero-order valence-electron chi connectivity index (χ0n) is 16.9. The highest BCUT2D eigenvalue weighted by Gasteiger charge is 2.33. The van der Waals surface area contributed by atoms with Gasteiger partial charge in [-0.1, -0.05) is 23.7 Å². The number of carbonyl (C=O) groups is 1. The lowest BCUT2D eigenvalue weighted by atomic mass is 10.0. The minimum atomic E-state index is -0.719. The molecule has 0 saturated carbocycles. The Labute approximate surface area is 179 Å². The second-order valence-corrected chi connectivity index (χ2v) is 8.18. The van der Waals surface area contributed by atoms with E-state index >= 15 is 0 Å². The number of hydrogen-bond acceptors (Lipinski definition) is 6. The molecule has 1 N–H and O–H groups in total. The molecule has 30 heavy (non-hydrogen) atoms. The minimum absolute atomic E-state index is 0.151. The third kappa shape index (κ3) is 4.23. The molecule has 3 aromatic rings. The summed E-state index contributed by atoms with van der Waals surface area (Å²) in [5.41, 5.74) is 1.54. The molecule has 2 heterocycles. The van der Waals surface area contributed by atoms with Gasteiger partial charge < -0.3 is 14.8 Å². The van der Waals surface area contributed by atoms with Crippen LogP contribution in [0.15, 0.2) is 42.5 Å². The van der Waals surface area contributed by atoms with Gasteiger partial charge in [-0.15, -0.1) is 5.10 Å². The van der Waals surface area contributed by atoms with E-state index in [4.69, 9.17) is 21.1 Å². The summed E-state index contributed by atoms with van der Waals surface area (Å²) >= 11 is 5.93. The van der Waals surface area contributed by atoms with Crippen molar-refractivity contribution in [1.82, 2.24) is 25.5 Å². The molecule has 1 aliphatic rings. The van der Waals surface area contributed by atoms with E-state index in [0.717, 1.165) is 17.7 Å². The molecule has 9 heteroatoms. The van der Waals surface area contributed by atoms with Gasteiger partial charge in [-0.25, -0.2) is 0 Å². The Balaban J connectivity index is 1.40. The van der Waals surface area contributed by atoms with Crippen molar-refractivity contribution in [1.29, 1.82) is 0 Å². The first kappa shape index (κ1) is 20.2. The van der Waals surface area contributed by atoms with Gasteiger partial charge in [0, 0.05) is 17.0 Å². The van der Waals surface area contributed by atoms with Gasteiger partial charge in [-0.3, -0.25) is 4.79 Å². The minimum Gasteiger partial charge on any atom is -0.483 e. The molecular formula is C21H22ClN5O3. The number of carbonyl (C=O) groups excluding carboxylic acids is 1. The zero-order chi connectivity index (χ0) is 21.3. The Bertz CT molecular complexity index is 1060. The van der Waals surface area contributed by atoms with Crippen LogP contribution in [-0.2, 0) is 17.8 Å². The van der Waals surface area contributed by atoms with Crippen molar-refractivity contribution in [3.63, 3.8) is 0 Å². The largest absolute Gasteiger partial charge is 0.483 e. The molecule has 0 spiro atoms. The van der Waals surface area contributed by atoms with Gasteiger partial charge in [0.25, 0.3) is 5.91 Å². The van der Waals surface area contributed by atoms with Crippen LogP contribution in [0.2, 0.25) is 5.02 Å². The van der Waals surface area contributed by atoms with Crippen LogP contribution in [0.1, 0.15) is 32.2 Å². The maximum atomic E-state index is 12.6. The molecule has 1 atom stereocenters. The van der Waals surface area contributed by atoms with Crippen molar-refractivity contribution >= 4 is 17.5 Å². The van der Waals surface area contributed by atoms with Crippen LogP contribution in [0.5, 0.6) is 11.5 Å². The maximum absolute atomic E-state index is 12.6. The number of ether oxygens (including phenoxy) is 2. The van der Waals surface area contributed by atoms with Crippen LogP contribution in [0.3, 0.4) is 0 Å². The summed E-state index contributed by atoms with van der Waals surface area (Å²) in [6.45, 7) is 5.89. The van der Waals surface area contributed by atoms with Crippen molar-refractivity contribution in [2.24, 2.45) is 0 Å². The van der Waals surface area contributed by atoms with Crippen molar-refractivity contribution in [2.75, 3.05) is 0 Å². The molecule has 1 aromatic heterocycles. The van der Waals surface area contributed by atoms with E-state index in [0.29, 0.717) is 22.3 Å². The first-order valence-corrected chi connectivity index (χ1v) is 9.99. The summed E-state index contributed by atoms with van der Waals surface area (Å²) in [5.74, 6) is 1.47. The topological polar surface area (TPSA) is 91.2 Å². The number of fused-ring (bicyclic) bond motifs is 1. The number of halogens is 1. The van der Waals surface area contributed by atoms with Crippen LogP contribution < -0.4 is 14.8 Å². The fourth-order valence-electron chi connectivity index (χ4n) is 3.33. The molecule has 0 bridgehead atoms. The molecule has 0 saturated heterocycles. The van der Waals surface area contributed by atoms with Gasteiger partial charge in [0.1, 0.15) is 5.60 Å². The SMILES string of the molecule is CC(Oc1cccc2c1OC(C)(C)C2)C(=O)NCc1nnnn1-c1ccc(Cl)cc1. The summed E-state index contributed by atoms with van der Waals surface area (Å²) in [4.78, 5) is 12.6. The van der Waals surface area contributed by atoms with E-state index < -0.39 is 6.10 Å². The predicted molar refractivity (Wildman–Crippen MR) is 111 cm³/mol. The molecule has 2 aromatic carbocycles. The summed E-state index contributed by atoms with van der Waals surface area (Å²) < 4.78 is 13.4. The number of rotatable bonds is 6. The Hall–Kier alpha value is -3.13. The lowest BCUT2D eigenvalue weighted by Crippen LogP contribution is -2.36. The lowest BCUT2D eigenvalue weighted by molar-refractivity contribution is -0.127. The lowest BCUT2D eigenvalue weighted by Gasteiger charge is -2.20. The van der Waals surface area contributed by atoms with E-state index in [9.17, 15) is 4.79 Å². The fourth-order valence-corrected chi connectivity index (χ4v) is 3.46. The number of amides is 1. The molecule has 0 radical (unpaired) electrons. The Morgan fingerprint density at radius 2 is 2.07 bits per heavy atom. The molecule has 8 nitrogen and oxygen atoms in total. The number of nitrogens with one attached hydrogen (secondary N) is 1. The molecule has 4 rings (SSSR count). The average molecular weight is 428 g/mol. The van der Waals surface area contributed by atoms with Crippen molar-refractivity contribution in [2.45, 2.75) is 45.4 Å². The fraction of sp³-hybridized carbons (Fsp3) is 0.333. The van der Waals surface area contributed by atoms with Crippen molar-refractivity contribution < 1.29 is 14.3 Å². The summed E-state index contributed by atoms with van der Waals surface area (Å²) in [5, 5.41) is 15.1. The van der Waals surface area contributed by atoms with E-state index in [2.05, 4.69) is 20.8 Å². The number of aromatic nitrogens is 4. The quantitative estimate of drug-likeness (QED) is 0.650. The number of nitrogens with zero attached hydrogens (tertiary/aromatic N) is 4. The number of tetrazole rings is 1. The second kappa shape index (κ2) is 7.95. The van der Waals surface area contributed by atoms with Gasteiger partial charge in [-0.05, 0) is 61.5 Å². The van der Waals surface area contributed by atoms with Crippen LogP contribution in [-0.4, -0.2) is 37.8 Å². The summed E-state index contributed by atoms with van der Waals surface area (Å²) in [7, 11) is 0. The number of benzene rings is 2. The summed E-state index contributed by atoms with van der Waals surface area (Å²) in [6.07, 6.45) is 0.0803. The van der Waals surface area contributed by atoms with Gasteiger partial charge in [-0.2, -0.15) is 4.68 Å². The van der Waals surface area contributed by atoms with Gasteiger partial charge >= 0.3 is 0 Å². The van der Waals surface area contributed by atoms with Crippen molar-refractivity contribution in [3.05, 3.63) is 58.9 Å². The Morgan fingerprint density at radius 1 is 1.30 bits per heavy atom. The average Bonchev–Trinajstić information content (AvgIpc) is 3.29. The zero-order valence-corrected chi connectivity index (χ0v) is 17.7. The molecule has 0 fully saturated rings. The predicted octanol–water partition coefficient (Wildman–Crippen LogP) is 3.11. The second-order valence-electron chi connectivity index (χ2n) is 7.74. The van der Waals surface area contributed by atoms with E-state index in [1.807, 2.05) is 32.0 Å². The van der Waals surface area contributed by atoms with E-state index in [1.54, 1.807) is 35.9 Å². The van der Waals surface area contributed by atoms with Crippen LogP contribution >= 0.6 is 11.6 Å². The molecule has 0 aliphatic carbocycles. The van der Waals surface area contributed by atoms with Gasteiger partial charge in [0.2, 0.25) is 0 Å². The standard InChI is InChI=1S/C21H22ClN5O3/c1-13(29-17-6-4-5-14-11-21(2,3)30-19(14)17)20(28)23-12-18-24-25-26-27(18)16-9-7-15(22)8-10-16/h4-10,13H,11-12H2,1-3H3,(H,23,28). The normalized spacial score (nSPS) is 15.2. The van der Waals surface area contributed by atoms with Gasteiger partial charge in [0.15, 0.2) is 23.4 Å². The number of hydrogen-bond donors (Lipinski definition) is 1. The van der Waals surface area contributed by atoms with Crippen LogP contribution in [0, 0.1) is 0 Å². The smallest absolute Gasteiger partial charge is 0.261 e. The molecule has 1 unspecified atom stereocenters. The monoisotopic (exact) mass is 427 g/mol. The summed E-state index contributed by atoms with van der Waals surface area (Å²) in [6, 6.07) is 12.8. The highest BCUT2D eigenvalue weighted by molar-refractivity contribution is 6.30.